The van der Waals surface area contributed by atoms with Crippen LogP contribution in [0.1, 0.15) is 52.4 Å². The first-order valence-corrected chi connectivity index (χ1v) is 7.63. The van der Waals surface area contributed by atoms with Gasteiger partial charge in [0.25, 0.3) is 0 Å². The van der Waals surface area contributed by atoms with E-state index in [1.807, 2.05) is 0 Å². The van der Waals surface area contributed by atoms with Crippen molar-refractivity contribution in [2.75, 3.05) is 26.2 Å². The Kier molecular flexibility index (Phi) is 2.99. The van der Waals surface area contributed by atoms with Crippen LogP contribution in [-0.2, 0) is 0 Å². The summed E-state index contributed by atoms with van der Waals surface area (Å²) in [7, 11) is 0. The molecule has 3 aliphatic rings. The summed E-state index contributed by atoms with van der Waals surface area (Å²) in [5, 5.41) is 3.75. The van der Waals surface area contributed by atoms with Crippen LogP contribution in [0.25, 0.3) is 0 Å². The van der Waals surface area contributed by atoms with Crippen molar-refractivity contribution in [3.63, 3.8) is 0 Å². The fourth-order valence-electron chi connectivity index (χ4n) is 3.69. The second-order valence-corrected chi connectivity index (χ2v) is 7.04. The zero-order valence-electron chi connectivity index (χ0n) is 11.6. The molecule has 0 radical (unpaired) electrons. The number of nitrogens with one attached hydrogen (secondary N) is 1. The van der Waals surface area contributed by atoms with Crippen LogP contribution in [0.15, 0.2) is 0 Å². The van der Waals surface area contributed by atoms with Crippen LogP contribution in [-0.4, -0.2) is 36.6 Å². The molecule has 2 saturated carbocycles. The molecule has 0 aromatic heterocycles. The summed E-state index contributed by atoms with van der Waals surface area (Å²) in [6.45, 7) is 9.91. The molecule has 1 unspecified atom stereocenters. The van der Waals surface area contributed by atoms with E-state index in [4.69, 9.17) is 0 Å². The zero-order valence-corrected chi connectivity index (χ0v) is 11.6. The summed E-state index contributed by atoms with van der Waals surface area (Å²) in [5.74, 6) is 1.10. The highest BCUT2D eigenvalue weighted by molar-refractivity contribution is 5.06. The number of hydrogen-bond donors (Lipinski definition) is 1. The minimum Gasteiger partial charge on any atom is -0.310 e. The van der Waals surface area contributed by atoms with Gasteiger partial charge < -0.3 is 10.2 Å². The van der Waals surface area contributed by atoms with Crippen LogP contribution in [0.3, 0.4) is 0 Å². The Balaban J connectivity index is 1.61. The van der Waals surface area contributed by atoms with Crippen molar-refractivity contribution in [2.45, 2.75) is 57.9 Å². The Morgan fingerprint density at radius 2 is 2.06 bits per heavy atom. The lowest BCUT2D eigenvalue weighted by Gasteiger charge is -2.34. The molecule has 1 heterocycles. The Morgan fingerprint density at radius 1 is 1.29 bits per heavy atom. The molecule has 1 N–H and O–H groups in total. The molecule has 0 aromatic carbocycles. The summed E-state index contributed by atoms with van der Waals surface area (Å²) in [4.78, 5) is 2.77. The lowest BCUT2D eigenvalue weighted by atomic mass is 9.96. The second-order valence-electron chi connectivity index (χ2n) is 7.04. The van der Waals surface area contributed by atoms with Gasteiger partial charge in [0.05, 0.1) is 0 Å². The molecule has 0 spiro atoms. The second kappa shape index (κ2) is 4.24. The molecule has 17 heavy (non-hydrogen) atoms. The van der Waals surface area contributed by atoms with Gasteiger partial charge in [0.15, 0.2) is 0 Å². The van der Waals surface area contributed by atoms with Gasteiger partial charge in [-0.25, -0.2) is 0 Å². The molecule has 1 aliphatic heterocycles. The molecule has 98 valence electrons. The average molecular weight is 236 g/mol. The van der Waals surface area contributed by atoms with Gasteiger partial charge in [-0.15, -0.1) is 0 Å². The van der Waals surface area contributed by atoms with Crippen molar-refractivity contribution < 1.29 is 0 Å². The van der Waals surface area contributed by atoms with Crippen LogP contribution in [0.2, 0.25) is 0 Å². The maximum atomic E-state index is 3.75. The summed E-state index contributed by atoms with van der Waals surface area (Å²) in [6.07, 6.45) is 8.67. The van der Waals surface area contributed by atoms with E-state index in [0.717, 1.165) is 11.3 Å². The minimum absolute atomic E-state index is 0.357. The first kappa shape index (κ1) is 12.0. The molecule has 0 amide bonds. The van der Waals surface area contributed by atoms with Gasteiger partial charge in [-0.2, -0.15) is 0 Å². The molecule has 3 rings (SSSR count). The maximum absolute atomic E-state index is 3.75. The quantitative estimate of drug-likeness (QED) is 0.807. The van der Waals surface area contributed by atoms with Crippen LogP contribution in [0.5, 0.6) is 0 Å². The predicted molar refractivity (Wildman–Crippen MR) is 72.1 cm³/mol. The maximum Gasteiger partial charge on any atom is 0.0277 e. The third kappa shape index (κ3) is 2.53. The van der Waals surface area contributed by atoms with Crippen molar-refractivity contribution >= 4 is 0 Å². The van der Waals surface area contributed by atoms with Crippen LogP contribution in [0.4, 0.5) is 0 Å². The smallest absolute Gasteiger partial charge is 0.0277 e. The van der Waals surface area contributed by atoms with Gasteiger partial charge in [-0.05, 0) is 69.9 Å². The standard InChI is InChI=1S/C15H28N2/c1-3-14(2)11-17(10-4-9-16-14)12-15(7-8-15)13-5-6-13/h13,16H,3-12H2,1-2H3. The van der Waals surface area contributed by atoms with E-state index in [2.05, 4.69) is 24.1 Å². The van der Waals surface area contributed by atoms with Gasteiger partial charge in [-0.3, -0.25) is 0 Å². The molecule has 0 bridgehead atoms. The third-order valence-electron chi connectivity index (χ3n) is 5.43. The molecule has 1 atom stereocenters. The highest BCUT2D eigenvalue weighted by Gasteiger charge is 2.54. The number of rotatable bonds is 4. The van der Waals surface area contributed by atoms with Gasteiger partial charge >= 0.3 is 0 Å². The van der Waals surface area contributed by atoms with E-state index >= 15 is 0 Å². The summed E-state index contributed by atoms with van der Waals surface area (Å²) < 4.78 is 0. The van der Waals surface area contributed by atoms with Crippen molar-refractivity contribution in [1.29, 1.82) is 0 Å². The molecule has 2 heteroatoms. The topological polar surface area (TPSA) is 15.3 Å². The largest absolute Gasteiger partial charge is 0.310 e. The highest BCUT2D eigenvalue weighted by Crippen LogP contribution is 2.61. The van der Waals surface area contributed by atoms with E-state index in [1.165, 1.54) is 64.7 Å². The van der Waals surface area contributed by atoms with Crippen LogP contribution >= 0.6 is 0 Å². The fraction of sp³-hybridized carbons (Fsp3) is 1.00. The Hall–Kier alpha value is -0.0800. The van der Waals surface area contributed by atoms with Crippen LogP contribution in [0, 0.1) is 11.3 Å². The van der Waals surface area contributed by atoms with E-state index in [1.54, 1.807) is 0 Å². The lowest BCUT2D eigenvalue weighted by molar-refractivity contribution is 0.170. The lowest BCUT2D eigenvalue weighted by Crippen LogP contribution is -2.49. The predicted octanol–water partition coefficient (Wildman–Crippen LogP) is 2.64. The Bertz CT molecular complexity index is 281. The summed E-state index contributed by atoms with van der Waals surface area (Å²) in [6, 6.07) is 0. The van der Waals surface area contributed by atoms with Gasteiger partial charge in [0.1, 0.15) is 0 Å². The fourth-order valence-corrected chi connectivity index (χ4v) is 3.69. The molecule has 1 saturated heterocycles. The monoisotopic (exact) mass is 236 g/mol. The minimum atomic E-state index is 0.357. The van der Waals surface area contributed by atoms with E-state index < -0.39 is 0 Å². The Labute approximate surface area is 106 Å². The first-order chi connectivity index (χ1) is 8.16. The molecule has 0 aromatic rings. The molecular weight excluding hydrogens is 208 g/mol. The zero-order chi connectivity index (χ0) is 11.9. The highest BCUT2D eigenvalue weighted by atomic mass is 15.2. The number of hydrogen-bond acceptors (Lipinski definition) is 2. The van der Waals surface area contributed by atoms with Crippen molar-refractivity contribution in [1.82, 2.24) is 10.2 Å². The van der Waals surface area contributed by atoms with E-state index in [-0.39, 0.29) is 0 Å². The molecule has 3 fully saturated rings. The Morgan fingerprint density at radius 3 is 2.65 bits per heavy atom. The number of nitrogens with zero attached hydrogens (tertiary/aromatic N) is 1. The van der Waals surface area contributed by atoms with Crippen molar-refractivity contribution in [2.24, 2.45) is 11.3 Å². The first-order valence-electron chi connectivity index (χ1n) is 7.63. The van der Waals surface area contributed by atoms with E-state index in [0.29, 0.717) is 5.54 Å². The SMILES string of the molecule is CCC1(C)CN(CC2(C3CC3)CC2)CCCN1. The van der Waals surface area contributed by atoms with Gasteiger partial charge in [0, 0.05) is 18.6 Å². The van der Waals surface area contributed by atoms with E-state index in [9.17, 15) is 0 Å². The third-order valence-corrected chi connectivity index (χ3v) is 5.43. The normalized spacial score (nSPS) is 37.8. The van der Waals surface area contributed by atoms with Gasteiger partial charge in [-0.1, -0.05) is 6.92 Å². The average Bonchev–Trinajstić information content (AvgIpc) is 3.15. The summed E-state index contributed by atoms with van der Waals surface area (Å²) >= 11 is 0. The molecule has 2 aliphatic carbocycles. The van der Waals surface area contributed by atoms with Crippen LogP contribution < -0.4 is 5.32 Å². The van der Waals surface area contributed by atoms with Crippen molar-refractivity contribution in [3.8, 4) is 0 Å². The molecular formula is C15H28N2. The molecule has 2 nitrogen and oxygen atoms in total. The summed E-state index contributed by atoms with van der Waals surface area (Å²) in [5.41, 5.74) is 1.13. The van der Waals surface area contributed by atoms with Crippen molar-refractivity contribution in [3.05, 3.63) is 0 Å². The van der Waals surface area contributed by atoms with Gasteiger partial charge in [0.2, 0.25) is 0 Å².